The maximum Gasteiger partial charge on any atom is 0.121 e. The van der Waals surface area contributed by atoms with Gasteiger partial charge in [-0.15, -0.1) is 0 Å². The minimum Gasteiger partial charge on any atom is -0.303 e. The van der Waals surface area contributed by atoms with Gasteiger partial charge in [-0.05, 0) is 49.8 Å². The molecule has 1 N–H and O–H groups in total. The van der Waals surface area contributed by atoms with Crippen molar-refractivity contribution in [3.63, 3.8) is 0 Å². The van der Waals surface area contributed by atoms with Crippen molar-refractivity contribution < 1.29 is 4.39 Å². The molecule has 0 spiro atoms. The molecule has 0 radical (unpaired) electrons. The smallest absolute Gasteiger partial charge is 0.121 e. The first-order valence-corrected chi connectivity index (χ1v) is 9.08. The molecular weight excluding hydrogens is 351 g/mol. The van der Waals surface area contributed by atoms with Crippen LogP contribution in [0.3, 0.4) is 0 Å². The van der Waals surface area contributed by atoms with Gasteiger partial charge in [-0.1, -0.05) is 23.7 Å². The molecule has 4 nitrogen and oxygen atoms in total. The van der Waals surface area contributed by atoms with Crippen LogP contribution in [0.5, 0.6) is 0 Å². The molecule has 0 amide bonds. The van der Waals surface area contributed by atoms with Gasteiger partial charge in [-0.25, -0.2) is 4.39 Å². The van der Waals surface area contributed by atoms with Gasteiger partial charge in [-0.2, -0.15) is 5.10 Å². The minimum absolute atomic E-state index is 0.192. The second kappa shape index (κ2) is 7.17. The summed E-state index contributed by atoms with van der Waals surface area (Å²) in [4.78, 5) is 6.14. The van der Waals surface area contributed by atoms with Gasteiger partial charge in [0.15, 0.2) is 0 Å². The number of rotatable bonds is 3. The summed E-state index contributed by atoms with van der Waals surface area (Å²) in [5, 5.41) is 8.37. The number of pyridine rings is 1. The van der Waals surface area contributed by atoms with Gasteiger partial charge in [-0.3, -0.25) is 10.1 Å². The van der Waals surface area contributed by atoms with E-state index in [0.717, 1.165) is 41.0 Å². The van der Waals surface area contributed by atoms with E-state index in [4.69, 9.17) is 11.6 Å². The van der Waals surface area contributed by atoms with Crippen LogP contribution >= 0.6 is 11.6 Å². The fourth-order valence-electron chi connectivity index (χ4n) is 3.63. The molecule has 0 saturated carbocycles. The van der Waals surface area contributed by atoms with Crippen LogP contribution in [-0.4, -0.2) is 46.4 Å². The van der Waals surface area contributed by atoms with E-state index in [1.54, 1.807) is 12.4 Å². The summed E-state index contributed by atoms with van der Waals surface area (Å²) in [6, 6.07) is 11.4. The van der Waals surface area contributed by atoms with Crippen molar-refractivity contribution in [1.82, 2.24) is 20.1 Å². The summed E-state index contributed by atoms with van der Waals surface area (Å²) in [7, 11) is 1.96. The number of halogens is 2. The lowest BCUT2D eigenvalue weighted by atomic mass is 9.87. The zero-order chi connectivity index (χ0) is 18.1. The average Bonchev–Trinajstić information content (AvgIpc) is 3.08. The van der Waals surface area contributed by atoms with Crippen LogP contribution in [0.1, 0.15) is 18.0 Å². The van der Waals surface area contributed by atoms with E-state index in [1.165, 1.54) is 0 Å². The largest absolute Gasteiger partial charge is 0.303 e. The van der Waals surface area contributed by atoms with Crippen LogP contribution in [0.4, 0.5) is 4.39 Å². The monoisotopic (exact) mass is 370 g/mol. The molecular formula is C20H20ClFN4. The van der Waals surface area contributed by atoms with Gasteiger partial charge in [0.2, 0.25) is 0 Å². The standard InChI is InChI=1S/C20H20ClFN4/c1-26-11-8-16(17(22)12-26)20-18(13-6-9-23-10-7-13)19(24-25-20)14-2-4-15(21)5-3-14/h2-7,9-10,16-17H,8,11-12H2,1H3,(H,24,25). The number of hydrogen-bond acceptors (Lipinski definition) is 3. The Morgan fingerprint density at radius 1 is 1.12 bits per heavy atom. The number of likely N-dealkylation sites (tertiary alicyclic amines) is 1. The summed E-state index contributed by atoms with van der Waals surface area (Å²) in [5.74, 6) is -0.192. The number of piperidine rings is 1. The average molecular weight is 371 g/mol. The van der Waals surface area contributed by atoms with Crippen molar-refractivity contribution in [3.8, 4) is 22.4 Å². The molecule has 4 rings (SSSR count). The molecule has 2 aromatic heterocycles. The molecule has 1 fully saturated rings. The van der Waals surface area contributed by atoms with E-state index in [-0.39, 0.29) is 5.92 Å². The highest BCUT2D eigenvalue weighted by Gasteiger charge is 2.33. The number of H-pyrrole nitrogens is 1. The zero-order valence-electron chi connectivity index (χ0n) is 14.5. The number of nitrogens with one attached hydrogen (secondary N) is 1. The topological polar surface area (TPSA) is 44.8 Å². The van der Waals surface area contributed by atoms with Crippen LogP contribution < -0.4 is 0 Å². The summed E-state index contributed by atoms with van der Waals surface area (Å²) in [6.45, 7) is 1.31. The van der Waals surface area contributed by atoms with Gasteiger partial charge in [0.1, 0.15) is 11.9 Å². The van der Waals surface area contributed by atoms with Crippen LogP contribution in [0.25, 0.3) is 22.4 Å². The van der Waals surface area contributed by atoms with Gasteiger partial charge < -0.3 is 4.90 Å². The third-order valence-corrected chi connectivity index (χ3v) is 5.25. The summed E-state index contributed by atoms with van der Waals surface area (Å²) < 4.78 is 14.8. The van der Waals surface area contributed by atoms with Gasteiger partial charge in [0.05, 0.1) is 0 Å². The van der Waals surface area contributed by atoms with E-state index >= 15 is 0 Å². The Hall–Kier alpha value is -2.24. The Morgan fingerprint density at radius 2 is 1.85 bits per heavy atom. The molecule has 1 saturated heterocycles. The molecule has 1 aliphatic rings. The van der Waals surface area contributed by atoms with Crippen molar-refractivity contribution in [2.45, 2.75) is 18.5 Å². The zero-order valence-corrected chi connectivity index (χ0v) is 15.2. The molecule has 26 heavy (non-hydrogen) atoms. The predicted molar refractivity (Wildman–Crippen MR) is 102 cm³/mol. The molecule has 1 aliphatic heterocycles. The molecule has 134 valence electrons. The first kappa shape index (κ1) is 17.2. The van der Waals surface area contributed by atoms with Crippen molar-refractivity contribution >= 4 is 11.6 Å². The molecule has 3 aromatic rings. The Kier molecular flexibility index (Phi) is 4.74. The van der Waals surface area contributed by atoms with E-state index in [2.05, 4.69) is 15.2 Å². The summed E-state index contributed by atoms with van der Waals surface area (Å²) >= 11 is 6.02. The maximum atomic E-state index is 14.8. The number of nitrogens with zero attached hydrogens (tertiary/aromatic N) is 3. The van der Waals surface area contributed by atoms with Crippen molar-refractivity contribution in [2.75, 3.05) is 20.1 Å². The molecule has 2 atom stereocenters. The Labute approximate surface area is 157 Å². The highest BCUT2D eigenvalue weighted by atomic mass is 35.5. The van der Waals surface area contributed by atoms with E-state index in [1.807, 2.05) is 48.3 Å². The van der Waals surface area contributed by atoms with Crippen LogP contribution in [0.15, 0.2) is 48.8 Å². The Bertz CT molecular complexity index is 879. The van der Waals surface area contributed by atoms with Crippen LogP contribution in [-0.2, 0) is 0 Å². The fraction of sp³-hybridized carbons (Fsp3) is 0.300. The molecule has 6 heteroatoms. The van der Waals surface area contributed by atoms with Crippen molar-refractivity contribution in [3.05, 3.63) is 59.5 Å². The Morgan fingerprint density at radius 3 is 2.54 bits per heavy atom. The number of aromatic nitrogens is 3. The Balaban J connectivity index is 1.83. The lowest BCUT2D eigenvalue weighted by Crippen LogP contribution is -2.38. The number of alkyl halides is 1. The van der Waals surface area contributed by atoms with Gasteiger partial charge >= 0.3 is 0 Å². The first-order valence-electron chi connectivity index (χ1n) is 8.70. The second-order valence-electron chi connectivity index (χ2n) is 6.78. The fourth-order valence-corrected chi connectivity index (χ4v) is 3.76. The highest BCUT2D eigenvalue weighted by Crippen LogP contribution is 2.40. The third kappa shape index (κ3) is 3.24. The molecule has 2 unspecified atom stereocenters. The molecule has 3 heterocycles. The van der Waals surface area contributed by atoms with E-state index in [0.29, 0.717) is 11.6 Å². The molecule has 0 aliphatic carbocycles. The SMILES string of the molecule is CN1CCC(c2[nH]nc(-c3ccc(Cl)cc3)c2-c2ccncc2)C(F)C1. The number of hydrogen-bond donors (Lipinski definition) is 1. The molecule has 0 bridgehead atoms. The van der Waals surface area contributed by atoms with Gasteiger partial charge in [0, 0.05) is 46.7 Å². The lowest BCUT2D eigenvalue weighted by Gasteiger charge is -2.32. The maximum absolute atomic E-state index is 14.8. The normalized spacial score (nSPS) is 21.0. The predicted octanol–water partition coefficient (Wildman–Crippen LogP) is 4.55. The first-order chi connectivity index (χ1) is 12.6. The number of benzene rings is 1. The van der Waals surface area contributed by atoms with Crippen LogP contribution in [0, 0.1) is 0 Å². The second-order valence-corrected chi connectivity index (χ2v) is 7.21. The van der Waals surface area contributed by atoms with Gasteiger partial charge in [0.25, 0.3) is 0 Å². The quantitative estimate of drug-likeness (QED) is 0.735. The number of aromatic amines is 1. The van der Waals surface area contributed by atoms with Crippen LogP contribution in [0.2, 0.25) is 5.02 Å². The lowest BCUT2D eigenvalue weighted by molar-refractivity contribution is 0.137. The highest BCUT2D eigenvalue weighted by molar-refractivity contribution is 6.30. The van der Waals surface area contributed by atoms with E-state index < -0.39 is 6.17 Å². The van der Waals surface area contributed by atoms with Crippen molar-refractivity contribution in [2.24, 2.45) is 0 Å². The summed E-state index contributed by atoms with van der Waals surface area (Å²) in [6.07, 6.45) is 3.34. The van der Waals surface area contributed by atoms with E-state index in [9.17, 15) is 4.39 Å². The third-order valence-electron chi connectivity index (χ3n) is 5.00. The summed E-state index contributed by atoms with van der Waals surface area (Å²) in [5.41, 5.74) is 4.56. The molecule has 1 aromatic carbocycles. The minimum atomic E-state index is -0.923. The van der Waals surface area contributed by atoms with Crippen molar-refractivity contribution in [1.29, 1.82) is 0 Å².